The van der Waals surface area contributed by atoms with Crippen LogP contribution in [0.4, 0.5) is 0 Å². The zero-order valence-electron chi connectivity index (χ0n) is 9.96. The molecule has 0 radical (unpaired) electrons. The van der Waals surface area contributed by atoms with Crippen molar-refractivity contribution in [3.63, 3.8) is 0 Å². The van der Waals surface area contributed by atoms with Gasteiger partial charge in [0.1, 0.15) is 5.60 Å². The van der Waals surface area contributed by atoms with Crippen molar-refractivity contribution in [3.05, 3.63) is 12.2 Å². The lowest BCUT2D eigenvalue weighted by molar-refractivity contribution is -0.162. The summed E-state index contributed by atoms with van der Waals surface area (Å²) in [6, 6.07) is 0. The molecule has 0 N–H and O–H groups in total. The van der Waals surface area contributed by atoms with E-state index in [-0.39, 0.29) is 11.6 Å². The summed E-state index contributed by atoms with van der Waals surface area (Å²) < 4.78 is 5.46. The van der Waals surface area contributed by atoms with Crippen molar-refractivity contribution in [2.24, 2.45) is 5.92 Å². The average Bonchev–Trinajstić information content (AvgIpc) is 2.11. The minimum atomic E-state index is -0.321. The Kier molecular flexibility index (Phi) is 5.51. The first-order chi connectivity index (χ1) is 6.48. The van der Waals surface area contributed by atoms with E-state index in [9.17, 15) is 4.79 Å². The topological polar surface area (TPSA) is 26.3 Å². The van der Waals surface area contributed by atoms with Gasteiger partial charge in [-0.25, -0.2) is 0 Å². The summed E-state index contributed by atoms with van der Waals surface area (Å²) in [6.45, 7) is 9.70. The van der Waals surface area contributed by atoms with E-state index in [0.29, 0.717) is 5.92 Å². The van der Waals surface area contributed by atoms with E-state index in [2.05, 4.69) is 26.8 Å². The van der Waals surface area contributed by atoms with Gasteiger partial charge in [-0.1, -0.05) is 32.9 Å². The Balaban J connectivity index is 4.68. The molecule has 0 rings (SSSR count). The summed E-state index contributed by atoms with van der Waals surface area (Å²) in [5, 5.41) is 0. The molecule has 0 fully saturated rings. The highest BCUT2D eigenvalue weighted by Gasteiger charge is 2.33. The van der Waals surface area contributed by atoms with Gasteiger partial charge in [0.2, 0.25) is 0 Å². The van der Waals surface area contributed by atoms with Crippen molar-refractivity contribution in [3.8, 4) is 0 Å². The fourth-order valence-corrected chi connectivity index (χ4v) is 1.62. The van der Waals surface area contributed by atoms with Crippen LogP contribution in [0, 0.1) is 5.92 Å². The number of ether oxygens (including phenoxy) is 1. The molecule has 14 heavy (non-hydrogen) atoms. The molecule has 1 unspecified atom stereocenters. The van der Waals surface area contributed by atoms with E-state index in [4.69, 9.17) is 4.74 Å². The lowest BCUT2D eigenvalue weighted by Gasteiger charge is -2.35. The number of carbonyl (C=O) groups is 1. The van der Waals surface area contributed by atoms with Crippen LogP contribution in [0.5, 0.6) is 0 Å². The number of carbonyl (C=O) groups excluding carboxylic acids is 1. The fraction of sp³-hybridized carbons (Fsp3) is 0.750. The third-order valence-electron chi connectivity index (χ3n) is 2.70. The van der Waals surface area contributed by atoms with E-state index >= 15 is 0 Å². The Morgan fingerprint density at radius 1 is 1.50 bits per heavy atom. The van der Waals surface area contributed by atoms with Gasteiger partial charge in [0, 0.05) is 13.3 Å². The molecule has 1 atom stereocenters. The number of allylic oxidation sites excluding steroid dienone is 1. The third-order valence-corrected chi connectivity index (χ3v) is 2.70. The lowest BCUT2D eigenvalue weighted by atomic mass is 9.84. The zero-order valence-corrected chi connectivity index (χ0v) is 9.96. The first-order valence-corrected chi connectivity index (χ1v) is 5.29. The largest absolute Gasteiger partial charge is 0.459 e. The molecule has 0 heterocycles. The van der Waals surface area contributed by atoms with Crippen molar-refractivity contribution in [1.29, 1.82) is 0 Å². The second-order valence-electron chi connectivity index (χ2n) is 3.94. The molecule has 0 amide bonds. The predicted octanol–water partition coefficient (Wildman–Crippen LogP) is 3.32. The monoisotopic (exact) mass is 198 g/mol. The van der Waals surface area contributed by atoms with Crippen molar-refractivity contribution in [2.45, 2.75) is 53.1 Å². The molecule has 2 nitrogen and oxygen atoms in total. The van der Waals surface area contributed by atoms with Crippen LogP contribution in [-0.2, 0) is 9.53 Å². The smallest absolute Gasteiger partial charge is 0.303 e. The SMILES string of the molecule is C/C=C/CC(CC)(OC(C)=O)C(C)C. The first kappa shape index (κ1) is 13.2. The van der Waals surface area contributed by atoms with E-state index in [1.54, 1.807) is 0 Å². The van der Waals surface area contributed by atoms with Gasteiger partial charge in [0.15, 0.2) is 0 Å². The molecule has 0 aromatic carbocycles. The molecular formula is C12H22O2. The van der Waals surface area contributed by atoms with Crippen LogP contribution in [0.25, 0.3) is 0 Å². The molecule has 0 spiro atoms. The maximum Gasteiger partial charge on any atom is 0.303 e. The molecule has 0 aliphatic carbocycles. The molecule has 0 aliphatic heterocycles. The molecule has 0 aliphatic rings. The third kappa shape index (κ3) is 3.52. The molecule has 0 aromatic heterocycles. The van der Waals surface area contributed by atoms with Crippen molar-refractivity contribution < 1.29 is 9.53 Å². The predicted molar refractivity (Wildman–Crippen MR) is 59.1 cm³/mol. The first-order valence-electron chi connectivity index (χ1n) is 5.29. The van der Waals surface area contributed by atoms with Crippen molar-refractivity contribution in [2.75, 3.05) is 0 Å². The zero-order chi connectivity index (χ0) is 11.2. The van der Waals surface area contributed by atoms with Crippen molar-refractivity contribution in [1.82, 2.24) is 0 Å². The minimum Gasteiger partial charge on any atom is -0.459 e. The molecule has 0 bridgehead atoms. The number of rotatable bonds is 5. The van der Waals surface area contributed by atoms with Crippen LogP contribution in [0.1, 0.15) is 47.5 Å². The summed E-state index contributed by atoms with van der Waals surface area (Å²) in [7, 11) is 0. The Bertz CT molecular complexity index is 206. The molecule has 0 saturated carbocycles. The van der Waals surface area contributed by atoms with Gasteiger partial charge in [-0.05, 0) is 19.3 Å². The average molecular weight is 198 g/mol. The van der Waals surface area contributed by atoms with Crippen LogP contribution >= 0.6 is 0 Å². The van der Waals surface area contributed by atoms with Gasteiger partial charge in [-0.15, -0.1) is 0 Å². The van der Waals surface area contributed by atoms with E-state index in [0.717, 1.165) is 12.8 Å². The summed E-state index contributed by atoms with van der Waals surface area (Å²) >= 11 is 0. The van der Waals surface area contributed by atoms with Crippen LogP contribution in [0.2, 0.25) is 0 Å². The highest BCUT2D eigenvalue weighted by molar-refractivity contribution is 5.66. The quantitative estimate of drug-likeness (QED) is 0.500. The summed E-state index contributed by atoms with van der Waals surface area (Å²) in [5.74, 6) is 0.151. The summed E-state index contributed by atoms with van der Waals surface area (Å²) in [6.07, 6.45) is 5.72. The number of hydrogen-bond acceptors (Lipinski definition) is 2. The number of esters is 1. The van der Waals surface area contributed by atoms with Crippen LogP contribution in [0.15, 0.2) is 12.2 Å². The Hall–Kier alpha value is -0.790. The fourth-order valence-electron chi connectivity index (χ4n) is 1.62. The van der Waals surface area contributed by atoms with Crippen LogP contribution in [-0.4, -0.2) is 11.6 Å². The summed E-state index contributed by atoms with van der Waals surface area (Å²) in [4.78, 5) is 11.0. The van der Waals surface area contributed by atoms with Gasteiger partial charge in [0.25, 0.3) is 0 Å². The standard InChI is InChI=1S/C12H22O2/c1-6-8-9-12(7-2,10(3)4)14-11(5)13/h6,8,10H,7,9H2,1-5H3/b8-6+. The van der Waals surface area contributed by atoms with Gasteiger partial charge < -0.3 is 4.74 Å². The molecule has 0 aromatic rings. The second kappa shape index (κ2) is 5.84. The minimum absolute atomic E-state index is 0.190. The van der Waals surface area contributed by atoms with Crippen LogP contribution in [0.3, 0.4) is 0 Å². The maximum absolute atomic E-state index is 11.0. The maximum atomic E-state index is 11.0. The lowest BCUT2D eigenvalue weighted by Crippen LogP contribution is -2.38. The van der Waals surface area contributed by atoms with Crippen molar-refractivity contribution >= 4 is 5.97 Å². The Morgan fingerprint density at radius 2 is 2.07 bits per heavy atom. The van der Waals surface area contributed by atoms with E-state index in [1.165, 1.54) is 6.92 Å². The Morgan fingerprint density at radius 3 is 2.36 bits per heavy atom. The van der Waals surface area contributed by atoms with Gasteiger partial charge in [-0.3, -0.25) is 4.79 Å². The van der Waals surface area contributed by atoms with Gasteiger partial charge >= 0.3 is 5.97 Å². The van der Waals surface area contributed by atoms with E-state index in [1.807, 2.05) is 13.0 Å². The van der Waals surface area contributed by atoms with Gasteiger partial charge in [-0.2, -0.15) is 0 Å². The summed E-state index contributed by atoms with van der Waals surface area (Å²) in [5.41, 5.74) is -0.321. The Labute approximate surface area is 87.3 Å². The molecule has 82 valence electrons. The number of hydrogen-bond donors (Lipinski definition) is 0. The highest BCUT2D eigenvalue weighted by atomic mass is 16.6. The van der Waals surface area contributed by atoms with E-state index < -0.39 is 0 Å². The molecule has 0 saturated heterocycles. The normalized spacial score (nSPS) is 15.9. The molecule has 2 heteroatoms. The molecular weight excluding hydrogens is 176 g/mol. The van der Waals surface area contributed by atoms with Gasteiger partial charge in [0.05, 0.1) is 0 Å². The highest BCUT2D eigenvalue weighted by Crippen LogP contribution is 2.30. The second-order valence-corrected chi connectivity index (χ2v) is 3.94. The van der Waals surface area contributed by atoms with Crippen LogP contribution < -0.4 is 0 Å².